The Bertz CT molecular complexity index is 322. The van der Waals surface area contributed by atoms with Gasteiger partial charge in [0.25, 0.3) is 0 Å². The van der Waals surface area contributed by atoms with Crippen molar-refractivity contribution in [1.29, 1.82) is 0 Å². The highest BCUT2D eigenvalue weighted by Crippen LogP contribution is 2.41. The molecule has 0 aromatic heterocycles. The topological polar surface area (TPSA) is 18.5 Å². The van der Waals surface area contributed by atoms with Crippen molar-refractivity contribution in [1.82, 2.24) is 15.1 Å². The van der Waals surface area contributed by atoms with E-state index in [1.54, 1.807) is 0 Å². The lowest BCUT2D eigenvalue weighted by molar-refractivity contribution is 0.192. The zero-order valence-electron chi connectivity index (χ0n) is 13.7. The van der Waals surface area contributed by atoms with Gasteiger partial charge in [-0.1, -0.05) is 13.8 Å². The van der Waals surface area contributed by atoms with Crippen LogP contribution in [0.25, 0.3) is 0 Å². The SMILES string of the molecule is CNC1C(CN2CCC(N3CCCC3)C2)CCC1(C)C. The summed E-state index contributed by atoms with van der Waals surface area (Å²) < 4.78 is 0. The minimum absolute atomic E-state index is 0.480. The summed E-state index contributed by atoms with van der Waals surface area (Å²) in [6, 6.07) is 1.56. The van der Waals surface area contributed by atoms with Crippen LogP contribution in [0, 0.1) is 11.3 Å². The summed E-state index contributed by atoms with van der Waals surface area (Å²) in [6.45, 7) is 11.6. The van der Waals surface area contributed by atoms with Crippen molar-refractivity contribution in [2.24, 2.45) is 11.3 Å². The molecule has 0 aromatic rings. The average Bonchev–Trinajstić information content (AvgIpc) is 3.10. The quantitative estimate of drug-likeness (QED) is 0.851. The monoisotopic (exact) mass is 279 g/mol. The smallest absolute Gasteiger partial charge is 0.0235 e. The molecule has 2 saturated heterocycles. The second-order valence-corrected chi connectivity index (χ2v) is 8.00. The molecule has 3 atom stereocenters. The van der Waals surface area contributed by atoms with Gasteiger partial charge in [0.15, 0.2) is 0 Å². The van der Waals surface area contributed by atoms with Gasteiger partial charge in [-0.15, -0.1) is 0 Å². The Morgan fingerprint density at radius 2 is 1.85 bits per heavy atom. The van der Waals surface area contributed by atoms with E-state index in [9.17, 15) is 0 Å². The summed E-state index contributed by atoms with van der Waals surface area (Å²) in [5.74, 6) is 0.854. The lowest BCUT2D eigenvalue weighted by Gasteiger charge is -2.32. The van der Waals surface area contributed by atoms with Crippen molar-refractivity contribution in [3.8, 4) is 0 Å². The van der Waals surface area contributed by atoms with E-state index in [0.717, 1.165) is 12.0 Å². The Labute approximate surface area is 125 Å². The number of nitrogens with zero attached hydrogens (tertiary/aromatic N) is 2. The Kier molecular flexibility index (Phi) is 4.40. The number of hydrogen-bond acceptors (Lipinski definition) is 3. The fourth-order valence-electron chi connectivity index (χ4n) is 5.06. The molecule has 0 radical (unpaired) electrons. The van der Waals surface area contributed by atoms with Crippen molar-refractivity contribution < 1.29 is 0 Å². The van der Waals surface area contributed by atoms with Crippen LogP contribution in [0.15, 0.2) is 0 Å². The molecule has 3 nitrogen and oxygen atoms in total. The molecule has 0 amide bonds. The third-order valence-corrected chi connectivity index (χ3v) is 6.18. The molecule has 2 heterocycles. The maximum atomic E-state index is 3.61. The molecule has 3 unspecified atom stereocenters. The molecule has 3 rings (SSSR count). The molecular formula is C17H33N3. The van der Waals surface area contributed by atoms with Crippen LogP contribution >= 0.6 is 0 Å². The molecule has 3 heteroatoms. The van der Waals surface area contributed by atoms with Gasteiger partial charge in [0, 0.05) is 25.2 Å². The van der Waals surface area contributed by atoms with Crippen LogP contribution in [0.1, 0.15) is 46.0 Å². The van der Waals surface area contributed by atoms with E-state index < -0.39 is 0 Å². The fraction of sp³-hybridized carbons (Fsp3) is 1.00. The van der Waals surface area contributed by atoms with Crippen molar-refractivity contribution in [2.45, 2.75) is 58.0 Å². The second-order valence-electron chi connectivity index (χ2n) is 8.00. The van der Waals surface area contributed by atoms with Crippen LogP contribution in [0.3, 0.4) is 0 Å². The highest BCUT2D eigenvalue weighted by molar-refractivity contribution is 4.97. The Hall–Kier alpha value is -0.120. The van der Waals surface area contributed by atoms with Gasteiger partial charge in [-0.3, -0.25) is 4.90 Å². The zero-order chi connectivity index (χ0) is 14.2. The van der Waals surface area contributed by atoms with E-state index in [0.29, 0.717) is 11.5 Å². The number of nitrogens with one attached hydrogen (secondary N) is 1. The van der Waals surface area contributed by atoms with Crippen LogP contribution in [0.4, 0.5) is 0 Å². The largest absolute Gasteiger partial charge is 0.316 e. The normalized spacial score (nSPS) is 38.9. The average molecular weight is 279 g/mol. The van der Waals surface area contributed by atoms with E-state index in [-0.39, 0.29) is 0 Å². The predicted octanol–water partition coefficient (Wildman–Crippen LogP) is 2.18. The molecule has 116 valence electrons. The van der Waals surface area contributed by atoms with Gasteiger partial charge in [-0.2, -0.15) is 0 Å². The summed E-state index contributed by atoms with van der Waals surface area (Å²) in [5.41, 5.74) is 0.480. The van der Waals surface area contributed by atoms with E-state index in [4.69, 9.17) is 0 Å². The lowest BCUT2D eigenvalue weighted by Crippen LogP contribution is -2.44. The fourth-order valence-corrected chi connectivity index (χ4v) is 5.06. The Morgan fingerprint density at radius 1 is 1.10 bits per heavy atom. The molecule has 20 heavy (non-hydrogen) atoms. The van der Waals surface area contributed by atoms with E-state index in [2.05, 4.69) is 36.0 Å². The third kappa shape index (κ3) is 2.90. The van der Waals surface area contributed by atoms with Crippen molar-refractivity contribution in [3.05, 3.63) is 0 Å². The van der Waals surface area contributed by atoms with Gasteiger partial charge < -0.3 is 10.2 Å². The first kappa shape index (κ1) is 14.8. The van der Waals surface area contributed by atoms with Gasteiger partial charge in [-0.25, -0.2) is 0 Å². The van der Waals surface area contributed by atoms with Crippen LogP contribution in [-0.4, -0.2) is 61.7 Å². The molecule has 1 N–H and O–H groups in total. The molecule has 1 aliphatic carbocycles. The van der Waals surface area contributed by atoms with E-state index in [1.165, 1.54) is 64.8 Å². The Morgan fingerprint density at radius 3 is 2.55 bits per heavy atom. The van der Waals surface area contributed by atoms with Crippen molar-refractivity contribution >= 4 is 0 Å². The molecule has 1 saturated carbocycles. The van der Waals surface area contributed by atoms with Gasteiger partial charge in [-0.05, 0) is 70.1 Å². The van der Waals surface area contributed by atoms with Crippen LogP contribution in [-0.2, 0) is 0 Å². The standard InChI is InChI=1S/C17H33N3/c1-17(2)8-6-14(16(17)18-3)12-19-11-7-15(13-19)20-9-4-5-10-20/h14-16,18H,4-13H2,1-3H3. The van der Waals surface area contributed by atoms with Crippen molar-refractivity contribution in [2.75, 3.05) is 39.8 Å². The maximum Gasteiger partial charge on any atom is 0.0235 e. The van der Waals surface area contributed by atoms with Gasteiger partial charge in [0.1, 0.15) is 0 Å². The molecular weight excluding hydrogens is 246 g/mol. The molecule has 0 spiro atoms. The summed E-state index contributed by atoms with van der Waals surface area (Å²) in [6.07, 6.45) is 7.04. The molecule has 3 fully saturated rings. The second kappa shape index (κ2) is 5.94. The van der Waals surface area contributed by atoms with E-state index in [1.807, 2.05) is 0 Å². The molecule has 3 aliphatic rings. The highest BCUT2D eigenvalue weighted by Gasteiger charge is 2.42. The Balaban J connectivity index is 1.51. The maximum absolute atomic E-state index is 3.61. The minimum atomic E-state index is 0.480. The molecule has 0 aromatic carbocycles. The first-order valence-corrected chi connectivity index (χ1v) is 8.74. The van der Waals surface area contributed by atoms with Gasteiger partial charge in [0.05, 0.1) is 0 Å². The van der Waals surface area contributed by atoms with Crippen LogP contribution in [0.5, 0.6) is 0 Å². The summed E-state index contributed by atoms with van der Waals surface area (Å²) in [5, 5.41) is 3.61. The van der Waals surface area contributed by atoms with Gasteiger partial charge >= 0.3 is 0 Å². The minimum Gasteiger partial charge on any atom is -0.316 e. The predicted molar refractivity (Wildman–Crippen MR) is 85.0 cm³/mol. The first-order chi connectivity index (χ1) is 9.60. The number of rotatable bonds is 4. The lowest BCUT2D eigenvalue weighted by atomic mass is 9.85. The summed E-state index contributed by atoms with van der Waals surface area (Å²) in [7, 11) is 2.15. The summed E-state index contributed by atoms with van der Waals surface area (Å²) in [4.78, 5) is 5.49. The first-order valence-electron chi connectivity index (χ1n) is 8.74. The highest BCUT2D eigenvalue weighted by atomic mass is 15.3. The zero-order valence-corrected chi connectivity index (χ0v) is 13.7. The van der Waals surface area contributed by atoms with Crippen molar-refractivity contribution in [3.63, 3.8) is 0 Å². The molecule has 2 aliphatic heterocycles. The number of likely N-dealkylation sites (tertiary alicyclic amines) is 2. The van der Waals surface area contributed by atoms with Crippen LogP contribution in [0.2, 0.25) is 0 Å². The summed E-state index contributed by atoms with van der Waals surface area (Å²) >= 11 is 0. The molecule has 0 bridgehead atoms. The van der Waals surface area contributed by atoms with Crippen LogP contribution < -0.4 is 5.32 Å². The van der Waals surface area contributed by atoms with Gasteiger partial charge in [0.2, 0.25) is 0 Å². The number of hydrogen-bond donors (Lipinski definition) is 1. The van der Waals surface area contributed by atoms with E-state index >= 15 is 0 Å². The third-order valence-electron chi connectivity index (χ3n) is 6.18.